The summed E-state index contributed by atoms with van der Waals surface area (Å²) < 4.78 is 25.6. The molecule has 1 amide bonds. The average molecular weight is 220 g/mol. The van der Waals surface area contributed by atoms with Crippen molar-refractivity contribution in [1.82, 2.24) is 10.2 Å². The molecule has 5 heteroatoms. The van der Waals surface area contributed by atoms with Crippen molar-refractivity contribution in [3.63, 3.8) is 0 Å². The summed E-state index contributed by atoms with van der Waals surface area (Å²) in [5.41, 5.74) is 0. The first-order chi connectivity index (χ1) is 6.89. The Bertz CT molecular complexity index is 221. The van der Waals surface area contributed by atoms with Gasteiger partial charge in [-0.1, -0.05) is 0 Å². The van der Waals surface area contributed by atoms with Gasteiger partial charge in [0, 0.05) is 32.0 Å². The molecule has 0 aromatic rings. The lowest BCUT2D eigenvalue weighted by molar-refractivity contribution is -0.124. The highest BCUT2D eigenvalue weighted by Gasteiger charge is 2.34. The Kier molecular flexibility index (Phi) is 4.02. The molecule has 1 aliphatic heterocycles. The second-order valence-corrected chi connectivity index (χ2v) is 4.35. The Morgan fingerprint density at radius 1 is 1.40 bits per heavy atom. The second-order valence-electron chi connectivity index (χ2n) is 4.35. The number of piperidine rings is 1. The Hall–Kier alpha value is -0.710. The third-order valence-electron chi connectivity index (χ3n) is 2.40. The van der Waals surface area contributed by atoms with Gasteiger partial charge in [-0.25, -0.2) is 8.78 Å². The fourth-order valence-electron chi connectivity index (χ4n) is 1.61. The molecule has 1 N–H and O–H groups in total. The molecule has 0 aromatic carbocycles. The topological polar surface area (TPSA) is 32.3 Å². The van der Waals surface area contributed by atoms with Crippen LogP contribution in [0, 0.1) is 0 Å². The van der Waals surface area contributed by atoms with E-state index in [1.165, 1.54) is 0 Å². The normalized spacial score (nSPS) is 21.7. The summed E-state index contributed by atoms with van der Waals surface area (Å²) in [5, 5.41) is 2.74. The van der Waals surface area contributed by atoms with Gasteiger partial charge in [-0.15, -0.1) is 0 Å². The smallest absolute Gasteiger partial charge is 0.250 e. The molecule has 1 heterocycles. The number of carbonyl (C=O) groups excluding carboxylic acids is 1. The molecular weight excluding hydrogens is 202 g/mol. The van der Waals surface area contributed by atoms with Gasteiger partial charge in [0.15, 0.2) is 0 Å². The highest BCUT2D eigenvalue weighted by atomic mass is 19.3. The molecule has 0 radical (unpaired) electrons. The third-order valence-corrected chi connectivity index (χ3v) is 2.40. The van der Waals surface area contributed by atoms with E-state index in [0.29, 0.717) is 13.1 Å². The van der Waals surface area contributed by atoms with Gasteiger partial charge in [0.25, 0.3) is 5.92 Å². The number of hydrogen-bond donors (Lipinski definition) is 1. The number of carbonyl (C=O) groups is 1. The molecule has 0 spiro atoms. The van der Waals surface area contributed by atoms with Gasteiger partial charge in [0.2, 0.25) is 5.91 Å². The number of alkyl halides is 2. The number of halogens is 2. The minimum Gasteiger partial charge on any atom is -0.353 e. The molecule has 15 heavy (non-hydrogen) atoms. The van der Waals surface area contributed by atoms with Gasteiger partial charge < -0.3 is 5.32 Å². The fraction of sp³-hybridized carbons (Fsp3) is 0.900. The zero-order valence-electron chi connectivity index (χ0n) is 9.22. The number of rotatable bonds is 3. The number of hydrogen-bond acceptors (Lipinski definition) is 2. The number of nitrogens with one attached hydrogen (secondary N) is 1. The largest absolute Gasteiger partial charge is 0.353 e. The summed E-state index contributed by atoms with van der Waals surface area (Å²) in [5.74, 6) is -2.62. The molecular formula is C10H18F2N2O. The van der Waals surface area contributed by atoms with E-state index in [0.717, 1.165) is 0 Å². The predicted molar refractivity (Wildman–Crippen MR) is 53.9 cm³/mol. The standard InChI is InChI=1S/C10H18F2N2O/c1-8(2)13-9(15)7-14-5-3-10(11,12)4-6-14/h8H,3-7H2,1-2H3,(H,13,15). The number of likely N-dealkylation sites (tertiary alicyclic amines) is 1. The van der Waals surface area contributed by atoms with Crippen molar-refractivity contribution in [3.05, 3.63) is 0 Å². The van der Waals surface area contributed by atoms with Gasteiger partial charge in [0.1, 0.15) is 0 Å². The minimum absolute atomic E-state index is 0.0878. The monoisotopic (exact) mass is 220 g/mol. The number of amides is 1. The van der Waals surface area contributed by atoms with Crippen molar-refractivity contribution in [3.8, 4) is 0 Å². The van der Waals surface area contributed by atoms with E-state index in [4.69, 9.17) is 0 Å². The van der Waals surface area contributed by atoms with Crippen LogP contribution < -0.4 is 5.32 Å². The predicted octanol–water partition coefficient (Wildman–Crippen LogP) is 1.24. The van der Waals surface area contributed by atoms with Crippen LogP contribution in [0.5, 0.6) is 0 Å². The highest BCUT2D eigenvalue weighted by Crippen LogP contribution is 2.27. The van der Waals surface area contributed by atoms with Crippen molar-refractivity contribution >= 4 is 5.91 Å². The molecule has 1 rings (SSSR count). The Morgan fingerprint density at radius 3 is 2.40 bits per heavy atom. The highest BCUT2D eigenvalue weighted by molar-refractivity contribution is 5.78. The van der Waals surface area contributed by atoms with Crippen LogP contribution in [0.2, 0.25) is 0 Å². The SMILES string of the molecule is CC(C)NC(=O)CN1CCC(F)(F)CC1. The molecule has 1 fully saturated rings. The zero-order valence-corrected chi connectivity index (χ0v) is 9.22. The van der Waals surface area contributed by atoms with Gasteiger partial charge in [-0.3, -0.25) is 9.69 Å². The van der Waals surface area contributed by atoms with Crippen LogP contribution in [-0.2, 0) is 4.79 Å². The van der Waals surface area contributed by atoms with E-state index in [1.807, 2.05) is 13.8 Å². The van der Waals surface area contributed by atoms with Crippen molar-refractivity contribution < 1.29 is 13.6 Å². The van der Waals surface area contributed by atoms with E-state index < -0.39 is 5.92 Å². The van der Waals surface area contributed by atoms with Crippen LogP contribution >= 0.6 is 0 Å². The Balaban J connectivity index is 2.27. The lowest BCUT2D eigenvalue weighted by Crippen LogP contribution is -2.45. The van der Waals surface area contributed by atoms with Gasteiger partial charge in [-0.2, -0.15) is 0 Å². The molecule has 88 valence electrons. The summed E-state index contributed by atoms with van der Waals surface area (Å²) >= 11 is 0. The molecule has 0 unspecified atom stereocenters. The van der Waals surface area contributed by atoms with Crippen LogP contribution in [0.3, 0.4) is 0 Å². The minimum atomic E-state index is -2.54. The Morgan fingerprint density at radius 2 is 1.93 bits per heavy atom. The summed E-state index contributed by atoms with van der Waals surface area (Å²) in [6.07, 6.45) is -0.274. The van der Waals surface area contributed by atoms with Crippen molar-refractivity contribution in [1.29, 1.82) is 0 Å². The zero-order chi connectivity index (χ0) is 11.5. The maximum Gasteiger partial charge on any atom is 0.250 e. The van der Waals surface area contributed by atoms with Gasteiger partial charge in [-0.05, 0) is 13.8 Å². The third kappa shape index (κ3) is 4.55. The van der Waals surface area contributed by atoms with Crippen LogP contribution in [0.25, 0.3) is 0 Å². The maximum atomic E-state index is 12.8. The van der Waals surface area contributed by atoms with Crippen LogP contribution in [0.1, 0.15) is 26.7 Å². The van der Waals surface area contributed by atoms with E-state index in [-0.39, 0.29) is 31.3 Å². The molecule has 1 saturated heterocycles. The first-order valence-electron chi connectivity index (χ1n) is 5.28. The number of nitrogens with zero attached hydrogens (tertiary/aromatic N) is 1. The van der Waals surface area contributed by atoms with Crippen molar-refractivity contribution in [2.75, 3.05) is 19.6 Å². The summed E-state index contributed by atoms with van der Waals surface area (Å²) in [4.78, 5) is 13.1. The van der Waals surface area contributed by atoms with Crippen molar-refractivity contribution in [2.24, 2.45) is 0 Å². The molecule has 1 aliphatic rings. The molecule has 0 aromatic heterocycles. The van der Waals surface area contributed by atoms with E-state index >= 15 is 0 Å². The average Bonchev–Trinajstić information content (AvgIpc) is 2.07. The van der Waals surface area contributed by atoms with Crippen molar-refractivity contribution in [2.45, 2.75) is 38.7 Å². The lowest BCUT2D eigenvalue weighted by Gasteiger charge is -2.31. The molecule has 0 aliphatic carbocycles. The summed E-state index contributed by atoms with van der Waals surface area (Å²) in [6.45, 7) is 4.59. The van der Waals surface area contributed by atoms with E-state index in [1.54, 1.807) is 4.90 Å². The summed E-state index contributed by atoms with van der Waals surface area (Å²) in [6, 6.07) is 0.101. The van der Waals surface area contributed by atoms with Gasteiger partial charge in [0.05, 0.1) is 6.54 Å². The molecule has 0 bridgehead atoms. The first-order valence-corrected chi connectivity index (χ1v) is 5.28. The summed E-state index contributed by atoms with van der Waals surface area (Å²) in [7, 11) is 0. The maximum absolute atomic E-state index is 12.8. The second kappa shape index (κ2) is 4.88. The van der Waals surface area contributed by atoms with Crippen LogP contribution in [-0.4, -0.2) is 42.4 Å². The van der Waals surface area contributed by atoms with E-state index in [9.17, 15) is 13.6 Å². The Labute approximate surface area is 88.8 Å². The molecule has 0 atom stereocenters. The first kappa shape index (κ1) is 12.4. The van der Waals surface area contributed by atoms with Crippen LogP contribution in [0.15, 0.2) is 0 Å². The lowest BCUT2D eigenvalue weighted by atomic mass is 10.1. The van der Waals surface area contributed by atoms with Gasteiger partial charge >= 0.3 is 0 Å². The van der Waals surface area contributed by atoms with E-state index in [2.05, 4.69) is 5.32 Å². The quantitative estimate of drug-likeness (QED) is 0.776. The van der Waals surface area contributed by atoms with Crippen LogP contribution in [0.4, 0.5) is 8.78 Å². The molecule has 3 nitrogen and oxygen atoms in total. The molecule has 0 saturated carbocycles. The fourth-order valence-corrected chi connectivity index (χ4v) is 1.61.